The molecule has 6 nitrogen and oxygen atoms in total. The SMILES string of the molecule is O=c1[nH]c(NC2CCSc3ccc(F)cc32)nc2c1cnn2-c1ccccc1. The highest BCUT2D eigenvalue weighted by Crippen LogP contribution is 2.37. The van der Waals surface area contributed by atoms with Gasteiger partial charge in [0.1, 0.15) is 11.2 Å². The molecular weight excluding hydrogens is 377 g/mol. The lowest BCUT2D eigenvalue weighted by atomic mass is 10.0. The highest BCUT2D eigenvalue weighted by Gasteiger charge is 2.22. The number of aromatic amines is 1. The van der Waals surface area contributed by atoms with E-state index in [1.165, 1.54) is 12.3 Å². The Labute approximate surface area is 163 Å². The monoisotopic (exact) mass is 393 g/mol. The van der Waals surface area contributed by atoms with E-state index < -0.39 is 0 Å². The molecule has 1 aliphatic heterocycles. The average molecular weight is 393 g/mol. The second-order valence-electron chi connectivity index (χ2n) is 6.56. The van der Waals surface area contributed by atoms with Crippen molar-refractivity contribution in [3.05, 3.63) is 76.5 Å². The summed E-state index contributed by atoms with van der Waals surface area (Å²) in [5.41, 5.74) is 1.92. The molecule has 0 saturated heterocycles. The smallest absolute Gasteiger partial charge is 0.263 e. The topological polar surface area (TPSA) is 75.6 Å². The molecule has 2 aromatic carbocycles. The van der Waals surface area contributed by atoms with E-state index in [-0.39, 0.29) is 17.4 Å². The first-order valence-corrected chi connectivity index (χ1v) is 9.90. The van der Waals surface area contributed by atoms with Crippen LogP contribution in [0.5, 0.6) is 0 Å². The van der Waals surface area contributed by atoms with Crippen molar-refractivity contribution in [1.82, 2.24) is 19.7 Å². The highest BCUT2D eigenvalue weighted by atomic mass is 32.2. The molecule has 0 fully saturated rings. The van der Waals surface area contributed by atoms with Gasteiger partial charge in [0.15, 0.2) is 5.65 Å². The predicted octanol–water partition coefficient (Wildman–Crippen LogP) is 3.90. The Morgan fingerprint density at radius 1 is 1.21 bits per heavy atom. The van der Waals surface area contributed by atoms with Gasteiger partial charge in [0.25, 0.3) is 5.56 Å². The molecule has 8 heteroatoms. The van der Waals surface area contributed by atoms with Crippen LogP contribution < -0.4 is 10.9 Å². The Morgan fingerprint density at radius 3 is 2.93 bits per heavy atom. The fraction of sp³-hybridized carbons (Fsp3) is 0.150. The van der Waals surface area contributed by atoms with Gasteiger partial charge >= 0.3 is 0 Å². The minimum Gasteiger partial charge on any atom is -0.349 e. The Hall–Kier alpha value is -3.13. The number of H-pyrrole nitrogens is 1. The van der Waals surface area contributed by atoms with E-state index in [0.717, 1.165) is 28.3 Å². The number of benzene rings is 2. The number of rotatable bonds is 3. The molecule has 5 rings (SSSR count). The quantitative estimate of drug-likeness (QED) is 0.552. The summed E-state index contributed by atoms with van der Waals surface area (Å²) in [6.45, 7) is 0. The molecule has 140 valence electrons. The second-order valence-corrected chi connectivity index (χ2v) is 7.70. The van der Waals surface area contributed by atoms with Gasteiger partial charge in [0.2, 0.25) is 5.95 Å². The summed E-state index contributed by atoms with van der Waals surface area (Å²) in [7, 11) is 0. The number of hydrogen-bond acceptors (Lipinski definition) is 5. The van der Waals surface area contributed by atoms with Gasteiger partial charge in [-0.3, -0.25) is 9.78 Å². The van der Waals surface area contributed by atoms with Gasteiger partial charge < -0.3 is 5.32 Å². The second kappa shape index (κ2) is 6.79. The summed E-state index contributed by atoms with van der Waals surface area (Å²) in [5.74, 6) is 0.986. The van der Waals surface area contributed by atoms with Gasteiger partial charge in [0, 0.05) is 10.6 Å². The number of nitrogens with zero attached hydrogens (tertiary/aromatic N) is 3. The number of hydrogen-bond donors (Lipinski definition) is 2. The fourth-order valence-electron chi connectivity index (χ4n) is 3.43. The van der Waals surface area contributed by atoms with Gasteiger partial charge in [-0.15, -0.1) is 11.8 Å². The molecule has 1 unspecified atom stereocenters. The lowest BCUT2D eigenvalue weighted by molar-refractivity contribution is 0.615. The summed E-state index contributed by atoms with van der Waals surface area (Å²) >= 11 is 1.71. The minimum atomic E-state index is -0.271. The van der Waals surface area contributed by atoms with Crippen LogP contribution in [0.3, 0.4) is 0 Å². The number of anilines is 1. The molecule has 1 atom stereocenters. The van der Waals surface area contributed by atoms with Gasteiger partial charge in [0.05, 0.1) is 17.9 Å². The maximum Gasteiger partial charge on any atom is 0.263 e. The molecule has 0 spiro atoms. The predicted molar refractivity (Wildman–Crippen MR) is 108 cm³/mol. The van der Waals surface area contributed by atoms with Crippen LogP contribution in [-0.2, 0) is 0 Å². The van der Waals surface area contributed by atoms with Crippen molar-refractivity contribution in [1.29, 1.82) is 0 Å². The van der Waals surface area contributed by atoms with E-state index in [1.54, 1.807) is 28.6 Å². The van der Waals surface area contributed by atoms with Gasteiger partial charge in [-0.2, -0.15) is 10.1 Å². The summed E-state index contributed by atoms with van der Waals surface area (Å²) in [6.07, 6.45) is 2.32. The van der Waals surface area contributed by atoms with E-state index >= 15 is 0 Å². The van der Waals surface area contributed by atoms with Gasteiger partial charge in [-0.1, -0.05) is 18.2 Å². The summed E-state index contributed by atoms with van der Waals surface area (Å²) in [4.78, 5) is 20.9. The molecule has 0 radical (unpaired) electrons. The van der Waals surface area contributed by atoms with Crippen molar-refractivity contribution in [2.24, 2.45) is 0 Å². The Bertz CT molecular complexity index is 1220. The van der Waals surface area contributed by atoms with Crippen molar-refractivity contribution in [2.75, 3.05) is 11.1 Å². The van der Waals surface area contributed by atoms with Crippen molar-refractivity contribution in [3.8, 4) is 5.69 Å². The van der Waals surface area contributed by atoms with Crippen molar-refractivity contribution in [3.63, 3.8) is 0 Å². The van der Waals surface area contributed by atoms with Crippen LogP contribution in [-0.4, -0.2) is 25.5 Å². The van der Waals surface area contributed by atoms with E-state index in [0.29, 0.717) is 17.0 Å². The third kappa shape index (κ3) is 2.95. The number of thioether (sulfide) groups is 1. The summed E-state index contributed by atoms with van der Waals surface area (Å²) < 4.78 is 15.4. The highest BCUT2D eigenvalue weighted by molar-refractivity contribution is 7.99. The molecule has 2 aromatic heterocycles. The number of nitrogens with one attached hydrogen (secondary N) is 2. The third-order valence-corrected chi connectivity index (χ3v) is 5.88. The van der Waals surface area contributed by atoms with Crippen LogP contribution in [0.25, 0.3) is 16.7 Å². The Balaban J connectivity index is 1.56. The van der Waals surface area contributed by atoms with Crippen molar-refractivity contribution in [2.45, 2.75) is 17.4 Å². The largest absolute Gasteiger partial charge is 0.349 e. The van der Waals surface area contributed by atoms with E-state index in [4.69, 9.17) is 0 Å². The standard InChI is InChI=1S/C20H16FN5OS/c21-12-6-7-17-14(10-12)16(8-9-28-17)23-20-24-18-15(19(27)25-20)11-22-26(18)13-4-2-1-3-5-13/h1-7,10-11,16H,8-9H2,(H2,23,24,25,27). The van der Waals surface area contributed by atoms with E-state index in [1.807, 2.05) is 30.3 Å². The average Bonchev–Trinajstić information content (AvgIpc) is 3.14. The molecule has 2 N–H and O–H groups in total. The molecule has 0 bridgehead atoms. The van der Waals surface area contributed by atoms with Crippen LogP contribution in [0.1, 0.15) is 18.0 Å². The Morgan fingerprint density at radius 2 is 2.07 bits per heavy atom. The third-order valence-electron chi connectivity index (χ3n) is 4.76. The first-order valence-electron chi connectivity index (χ1n) is 8.91. The van der Waals surface area contributed by atoms with Crippen LogP contribution in [0.15, 0.2) is 64.4 Å². The number of aromatic nitrogens is 4. The maximum atomic E-state index is 13.8. The van der Waals surface area contributed by atoms with Crippen LogP contribution >= 0.6 is 11.8 Å². The molecule has 0 amide bonds. The number of fused-ring (bicyclic) bond motifs is 2. The van der Waals surface area contributed by atoms with Crippen molar-refractivity contribution < 1.29 is 4.39 Å². The normalized spacial score (nSPS) is 16.1. The lowest BCUT2D eigenvalue weighted by Crippen LogP contribution is -2.20. The molecule has 28 heavy (non-hydrogen) atoms. The lowest BCUT2D eigenvalue weighted by Gasteiger charge is -2.26. The number of para-hydroxylation sites is 1. The first-order chi connectivity index (χ1) is 13.7. The molecule has 3 heterocycles. The maximum absolute atomic E-state index is 13.8. The minimum absolute atomic E-state index is 0.124. The molecule has 4 aromatic rings. The van der Waals surface area contributed by atoms with E-state index in [9.17, 15) is 9.18 Å². The molecule has 0 saturated carbocycles. The summed E-state index contributed by atoms with van der Waals surface area (Å²) in [5, 5.41) is 8.01. The zero-order chi connectivity index (χ0) is 19.1. The van der Waals surface area contributed by atoms with Gasteiger partial charge in [-0.05, 0) is 42.3 Å². The van der Waals surface area contributed by atoms with E-state index in [2.05, 4.69) is 20.4 Å². The first kappa shape index (κ1) is 17.0. The Kier molecular flexibility index (Phi) is 4.12. The van der Waals surface area contributed by atoms with Crippen molar-refractivity contribution >= 4 is 28.7 Å². The van der Waals surface area contributed by atoms with Crippen LogP contribution in [0.2, 0.25) is 0 Å². The summed E-state index contributed by atoms with van der Waals surface area (Å²) in [6, 6.07) is 14.2. The van der Waals surface area contributed by atoms with Crippen LogP contribution in [0, 0.1) is 5.82 Å². The number of halogens is 1. The fourth-order valence-corrected chi connectivity index (χ4v) is 4.53. The molecule has 1 aliphatic rings. The zero-order valence-electron chi connectivity index (χ0n) is 14.7. The zero-order valence-corrected chi connectivity index (χ0v) is 15.5. The molecule has 0 aliphatic carbocycles. The van der Waals surface area contributed by atoms with Gasteiger partial charge in [-0.25, -0.2) is 9.07 Å². The van der Waals surface area contributed by atoms with Crippen LogP contribution in [0.4, 0.5) is 10.3 Å². The molecular formula is C20H16FN5OS.